The zero-order valence-corrected chi connectivity index (χ0v) is 17.1. The highest BCUT2D eigenvalue weighted by Crippen LogP contribution is 2.32. The standard InChI is InChI=1S/C22H28N2O5/c1-3-7-19(25)23(16-8-5-6-9-16)18-14-20(26)24(21(18)27)17-12-10-15(11-13-17)22(28)29-4-2/h10-13,16,18H,3-9,14H2,1-2H3. The monoisotopic (exact) mass is 400 g/mol. The summed E-state index contributed by atoms with van der Waals surface area (Å²) in [4.78, 5) is 53.3. The highest BCUT2D eigenvalue weighted by atomic mass is 16.5. The highest BCUT2D eigenvalue weighted by molar-refractivity contribution is 6.23. The van der Waals surface area contributed by atoms with Gasteiger partial charge in [0.25, 0.3) is 5.91 Å². The second-order valence-corrected chi connectivity index (χ2v) is 7.54. The van der Waals surface area contributed by atoms with Crippen LogP contribution in [0.15, 0.2) is 24.3 Å². The van der Waals surface area contributed by atoms with Gasteiger partial charge in [0, 0.05) is 12.5 Å². The van der Waals surface area contributed by atoms with Gasteiger partial charge in [-0.1, -0.05) is 19.8 Å². The molecular weight excluding hydrogens is 372 g/mol. The van der Waals surface area contributed by atoms with Gasteiger partial charge in [-0.15, -0.1) is 0 Å². The van der Waals surface area contributed by atoms with E-state index < -0.39 is 12.0 Å². The number of nitrogens with zero attached hydrogens (tertiary/aromatic N) is 2. The summed E-state index contributed by atoms with van der Waals surface area (Å²) in [6.45, 7) is 3.93. The van der Waals surface area contributed by atoms with Crippen LogP contribution in [-0.4, -0.2) is 47.3 Å². The van der Waals surface area contributed by atoms with E-state index in [1.54, 1.807) is 24.0 Å². The lowest BCUT2D eigenvalue weighted by molar-refractivity contribution is -0.141. The fraction of sp³-hybridized carbons (Fsp3) is 0.545. The third-order valence-corrected chi connectivity index (χ3v) is 5.57. The fourth-order valence-electron chi connectivity index (χ4n) is 4.22. The SMILES string of the molecule is CCCC(=O)N(C1CCCC1)C1CC(=O)N(c2ccc(C(=O)OCC)cc2)C1=O. The van der Waals surface area contributed by atoms with Crippen molar-refractivity contribution in [2.45, 2.75) is 70.9 Å². The number of hydrogen-bond donors (Lipinski definition) is 0. The number of hydrogen-bond acceptors (Lipinski definition) is 5. The first kappa shape index (κ1) is 21.0. The van der Waals surface area contributed by atoms with Crippen LogP contribution in [0, 0.1) is 0 Å². The van der Waals surface area contributed by atoms with Crippen molar-refractivity contribution in [3.05, 3.63) is 29.8 Å². The first-order chi connectivity index (χ1) is 14.0. The molecule has 0 radical (unpaired) electrons. The largest absolute Gasteiger partial charge is 0.462 e. The molecule has 0 N–H and O–H groups in total. The molecule has 1 atom stereocenters. The number of anilines is 1. The van der Waals surface area contributed by atoms with Gasteiger partial charge < -0.3 is 9.64 Å². The Morgan fingerprint density at radius 3 is 2.34 bits per heavy atom. The quantitative estimate of drug-likeness (QED) is 0.519. The van der Waals surface area contributed by atoms with Crippen LogP contribution in [0.5, 0.6) is 0 Å². The summed E-state index contributed by atoms with van der Waals surface area (Å²) in [6.07, 6.45) is 4.91. The summed E-state index contributed by atoms with van der Waals surface area (Å²) < 4.78 is 4.96. The third kappa shape index (κ3) is 4.33. The molecule has 1 aromatic carbocycles. The molecule has 1 aromatic rings. The molecular formula is C22H28N2O5. The van der Waals surface area contributed by atoms with Gasteiger partial charge in [-0.2, -0.15) is 0 Å². The molecule has 0 aromatic heterocycles. The first-order valence-electron chi connectivity index (χ1n) is 10.4. The van der Waals surface area contributed by atoms with E-state index in [-0.39, 0.29) is 36.8 Å². The van der Waals surface area contributed by atoms with Gasteiger partial charge in [0.15, 0.2) is 0 Å². The molecule has 3 amide bonds. The smallest absolute Gasteiger partial charge is 0.338 e. The molecule has 1 heterocycles. The maximum absolute atomic E-state index is 13.2. The number of carbonyl (C=O) groups is 4. The van der Waals surface area contributed by atoms with E-state index in [0.717, 1.165) is 30.6 Å². The third-order valence-electron chi connectivity index (χ3n) is 5.57. The normalized spacial score (nSPS) is 19.7. The average molecular weight is 400 g/mol. The van der Waals surface area contributed by atoms with Crippen LogP contribution >= 0.6 is 0 Å². The molecule has 3 rings (SSSR count). The van der Waals surface area contributed by atoms with Gasteiger partial charge in [0.2, 0.25) is 11.8 Å². The van der Waals surface area contributed by atoms with E-state index in [9.17, 15) is 19.2 Å². The Labute approximate surface area is 171 Å². The van der Waals surface area contributed by atoms with Gasteiger partial charge >= 0.3 is 5.97 Å². The van der Waals surface area contributed by atoms with E-state index in [1.807, 2.05) is 6.92 Å². The van der Waals surface area contributed by atoms with E-state index >= 15 is 0 Å². The Hall–Kier alpha value is -2.70. The zero-order chi connectivity index (χ0) is 21.0. The predicted molar refractivity (Wildman–Crippen MR) is 107 cm³/mol. The molecule has 2 aliphatic rings. The summed E-state index contributed by atoms with van der Waals surface area (Å²) in [5.74, 6) is -1.19. The summed E-state index contributed by atoms with van der Waals surface area (Å²) in [6, 6.07) is 5.50. The van der Waals surface area contributed by atoms with Crippen LogP contribution in [0.3, 0.4) is 0 Å². The van der Waals surface area contributed by atoms with Crippen molar-refractivity contribution < 1.29 is 23.9 Å². The second kappa shape index (κ2) is 9.20. The van der Waals surface area contributed by atoms with Gasteiger partial charge in [-0.3, -0.25) is 14.4 Å². The molecule has 2 fully saturated rings. The van der Waals surface area contributed by atoms with E-state index in [4.69, 9.17) is 4.74 Å². The summed E-state index contributed by atoms with van der Waals surface area (Å²) in [5.41, 5.74) is 0.766. The van der Waals surface area contributed by atoms with Crippen LogP contribution in [0.25, 0.3) is 0 Å². The average Bonchev–Trinajstić information content (AvgIpc) is 3.32. The van der Waals surface area contributed by atoms with Crippen molar-refractivity contribution >= 4 is 29.4 Å². The number of amides is 3. The van der Waals surface area contributed by atoms with Crippen LogP contribution in [0.1, 0.15) is 69.2 Å². The fourth-order valence-corrected chi connectivity index (χ4v) is 4.22. The van der Waals surface area contributed by atoms with Crippen molar-refractivity contribution in [2.24, 2.45) is 0 Å². The maximum atomic E-state index is 13.2. The lowest BCUT2D eigenvalue weighted by Gasteiger charge is -2.33. The minimum Gasteiger partial charge on any atom is -0.462 e. The molecule has 7 heteroatoms. The number of ether oxygens (including phenoxy) is 1. The van der Waals surface area contributed by atoms with Gasteiger partial charge in [-0.25, -0.2) is 9.69 Å². The number of benzene rings is 1. The summed E-state index contributed by atoms with van der Waals surface area (Å²) in [5, 5.41) is 0. The Balaban J connectivity index is 1.82. The van der Waals surface area contributed by atoms with E-state index in [0.29, 0.717) is 24.1 Å². The maximum Gasteiger partial charge on any atom is 0.338 e. The van der Waals surface area contributed by atoms with Crippen molar-refractivity contribution in [1.82, 2.24) is 4.90 Å². The van der Waals surface area contributed by atoms with Crippen LogP contribution in [-0.2, 0) is 19.1 Å². The second-order valence-electron chi connectivity index (χ2n) is 7.54. The molecule has 7 nitrogen and oxygen atoms in total. The Morgan fingerprint density at radius 1 is 1.10 bits per heavy atom. The Morgan fingerprint density at radius 2 is 1.76 bits per heavy atom. The van der Waals surface area contributed by atoms with E-state index in [2.05, 4.69) is 0 Å². The topological polar surface area (TPSA) is 84.0 Å². The lowest BCUT2D eigenvalue weighted by Crippen LogP contribution is -2.50. The van der Waals surface area contributed by atoms with Crippen LogP contribution in [0.2, 0.25) is 0 Å². The van der Waals surface area contributed by atoms with Gasteiger partial charge in [0.1, 0.15) is 6.04 Å². The Bertz CT molecular complexity index is 783. The highest BCUT2D eigenvalue weighted by Gasteiger charge is 2.46. The number of imide groups is 1. The molecule has 0 spiro atoms. The lowest BCUT2D eigenvalue weighted by atomic mass is 10.1. The van der Waals surface area contributed by atoms with Crippen molar-refractivity contribution in [3.63, 3.8) is 0 Å². The number of rotatable bonds is 7. The molecule has 1 saturated heterocycles. The number of esters is 1. The van der Waals surface area contributed by atoms with Crippen molar-refractivity contribution in [2.75, 3.05) is 11.5 Å². The predicted octanol–water partition coefficient (Wildman–Crippen LogP) is 3.07. The van der Waals surface area contributed by atoms with E-state index in [1.165, 1.54) is 12.1 Å². The zero-order valence-electron chi connectivity index (χ0n) is 17.1. The molecule has 1 aliphatic heterocycles. The molecule has 1 unspecified atom stereocenters. The van der Waals surface area contributed by atoms with Crippen LogP contribution < -0.4 is 4.90 Å². The van der Waals surface area contributed by atoms with Gasteiger partial charge in [0.05, 0.1) is 24.3 Å². The molecule has 1 saturated carbocycles. The number of carbonyl (C=O) groups excluding carboxylic acids is 4. The van der Waals surface area contributed by atoms with Crippen molar-refractivity contribution in [3.8, 4) is 0 Å². The molecule has 29 heavy (non-hydrogen) atoms. The molecule has 1 aliphatic carbocycles. The van der Waals surface area contributed by atoms with Crippen LogP contribution in [0.4, 0.5) is 5.69 Å². The minimum absolute atomic E-state index is 0.00438. The first-order valence-corrected chi connectivity index (χ1v) is 10.4. The molecule has 0 bridgehead atoms. The minimum atomic E-state index is -0.741. The molecule has 156 valence electrons. The van der Waals surface area contributed by atoms with Gasteiger partial charge in [-0.05, 0) is 50.5 Å². The Kier molecular flexibility index (Phi) is 6.67. The van der Waals surface area contributed by atoms with Crippen molar-refractivity contribution in [1.29, 1.82) is 0 Å². The summed E-state index contributed by atoms with van der Waals surface area (Å²) in [7, 11) is 0. The summed E-state index contributed by atoms with van der Waals surface area (Å²) >= 11 is 0.